The number of sulfone groups is 1. The predicted octanol–water partition coefficient (Wildman–Crippen LogP) is 4.38. The molecule has 0 bridgehead atoms. The van der Waals surface area contributed by atoms with Crippen molar-refractivity contribution < 1.29 is 21.6 Å². The number of nitrogens with zero attached hydrogens (tertiary/aromatic N) is 1. The fourth-order valence-electron chi connectivity index (χ4n) is 1.67. The van der Waals surface area contributed by atoms with Gasteiger partial charge in [-0.25, -0.2) is 13.4 Å². The van der Waals surface area contributed by atoms with Crippen LogP contribution < -0.4 is 0 Å². The van der Waals surface area contributed by atoms with Gasteiger partial charge in [0.25, 0.3) is 0 Å². The highest BCUT2D eigenvalue weighted by atomic mass is 35.5. The van der Waals surface area contributed by atoms with Gasteiger partial charge < -0.3 is 0 Å². The highest BCUT2D eigenvalue weighted by Gasteiger charge is 2.31. The molecular formula is C13H8Cl2F3NO2S. The van der Waals surface area contributed by atoms with Crippen LogP contribution in [0.3, 0.4) is 0 Å². The molecule has 0 aliphatic carbocycles. The van der Waals surface area contributed by atoms with Crippen LogP contribution in [0.2, 0.25) is 10.0 Å². The molecule has 0 amide bonds. The summed E-state index contributed by atoms with van der Waals surface area (Å²) in [4.78, 5) is 3.38. The molecule has 0 aliphatic heterocycles. The van der Waals surface area contributed by atoms with Crippen molar-refractivity contribution in [3.63, 3.8) is 0 Å². The summed E-state index contributed by atoms with van der Waals surface area (Å²) < 4.78 is 61.7. The molecule has 1 aromatic heterocycles. The number of hydrogen-bond donors (Lipinski definition) is 0. The van der Waals surface area contributed by atoms with Crippen LogP contribution in [-0.4, -0.2) is 13.4 Å². The largest absolute Gasteiger partial charge is 0.417 e. The zero-order chi connectivity index (χ0) is 16.5. The van der Waals surface area contributed by atoms with Gasteiger partial charge in [-0.2, -0.15) is 13.2 Å². The van der Waals surface area contributed by atoms with Crippen LogP contribution in [0.4, 0.5) is 13.2 Å². The summed E-state index contributed by atoms with van der Waals surface area (Å²) in [6.07, 6.45) is -4.11. The van der Waals surface area contributed by atoms with Gasteiger partial charge in [-0.15, -0.1) is 0 Å². The number of aromatic nitrogens is 1. The van der Waals surface area contributed by atoms with E-state index >= 15 is 0 Å². The maximum absolute atomic E-state index is 12.4. The van der Waals surface area contributed by atoms with Crippen molar-refractivity contribution in [1.82, 2.24) is 4.98 Å². The van der Waals surface area contributed by atoms with Crippen molar-refractivity contribution in [3.05, 3.63) is 57.7 Å². The molecule has 1 aromatic carbocycles. The zero-order valence-corrected chi connectivity index (χ0v) is 13.1. The summed E-state index contributed by atoms with van der Waals surface area (Å²) in [5.74, 6) is -0.552. The van der Waals surface area contributed by atoms with Crippen LogP contribution in [0.15, 0.2) is 41.6 Å². The van der Waals surface area contributed by atoms with E-state index < -0.39 is 32.4 Å². The van der Waals surface area contributed by atoms with E-state index in [1.165, 1.54) is 12.1 Å². The Labute approximate surface area is 134 Å². The number of benzene rings is 1. The highest BCUT2D eigenvalue weighted by Crippen LogP contribution is 2.30. The zero-order valence-electron chi connectivity index (χ0n) is 10.7. The first-order valence-corrected chi connectivity index (χ1v) is 8.21. The van der Waals surface area contributed by atoms with Crippen LogP contribution in [-0.2, 0) is 21.8 Å². The normalized spacial score (nSPS) is 12.4. The monoisotopic (exact) mass is 369 g/mol. The van der Waals surface area contributed by atoms with E-state index in [4.69, 9.17) is 23.2 Å². The lowest BCUT2D eigenvalue weighted by Crippen LogP contribution is -2.10. The van der Waals surface area contributed by atoms with Crippen molar-refractivity contribution in [1.29, 1.82) is 0 Å². The smallest absolute Gasteiger partial charge is 0.244 e. The van der Waals surface area contributed by atoms with Gasteiger partial charge >= 0.3 is 6.18 Å². The number of pyridine rings is 1. The first-order chi connectivity index (χ1) is 10.1. The number of hydrogen-bond acceptors (Lipinski definition) is 3. The topological polar surface area (TPSA) is 47.0 Å². The number of halogens is 5. The second-order valence-corrected chi connectivity index (χ2v) is 7.09. The molecule has 2 rings (SSSR count). The molecule has 2 aromatic rings. The minimum Gasteiger partial charge on any atom is -0.244 e. The molecule has 0 atom stereocenters. The summed E-state index contributed by atoms with van der Waals surface area (Å²) in [5.41, 5.74) is -0.852. The fourth-order valence-corrected chi connectivity index (χ4v) is 3.68. The quantitative estimate of drug-likeness (QED) is 0.806. The van der Waals surface area contributed by atoms with Crippen LogP contribution in [0.1, 0.15) is 11.1 Å². The third-order valence-corrected chi connectivity index (χ3v) is 5.03. The second kappa shape index (κ2) is 6.06. The van der Waals surface area contributed by atoms with E-state index in [9.17, 15) is 21.6 Å². The summed E-state index contributed by atoms with van der Waals surface area (Å²) in [6.45, 7) is 0. The van der Waals surface area contributed by atoms with Crippen molar-refractivity contribution in [2.24, 2.45) is 0 Å². The van der Waals surface area contributed by atoms with Gasteiger partial charge in [0.15, 0.2) is 14.9 Å². The van der Waals surface area contributed by atoms with Crippen molar-refractivity contribution in [2.75, 3.05) is 0 Å². The molecular weight excluding hydrogens is 362 g/mol. The van der Waals surface area contributed by atoms with E-state index in [0.717, 1.165) is 6.07 Å². The van der Waals surface area contributed by atoms with Crippen molar-refractivity contribution in [2.45, 2.75) is 17.0 Å². The second-order valence-electron chi connectivity index (χ2n) is 4.34. The maximum Gasteiger partial charge on any atom is 0.417 e. The SMILES string of the molecule is O=S(=O)(Cc1c(Cl)cccc1Cl)c1ccc(C(F)(F)F)cn1. The van der Waals surface area contributed by atoms with E-state index in [1.807, 2.05) is 0 Å². The van der Waals surface area contributed by atoms with Gasteiger partial charge in [0.1, 0.15) is 0 Å². The Morgan fingerprint density at radius 1 is 1.05 bits per heavy atom. The average molecular weight is 370 g/mol. The molecule has 1 heterocycles. The first-order valence-electron chi connectivity index (χ1n) is 5.80. The molecule has 0 N–H and O–H groups in total. The highest BCUT2D eigenvalue weighted by molar-refractivity contribution is 7.90. The van der Waals surface area contributed by atoms with Gasteiger partial charge in [-0.05, 0) is 24.3 Å². The summed E-state index contributed by atoms with van der Waals surface area (Å²) in [5, 5.41) is -0.164. The average Bonchev–Trinajstić information content (AvgIpc) is 2.42. The number of alkyl halides is 3. The third kappa shape index (κ3) is 3.71. The third-order valence-electron chi connectivity index (χ3n) is 2.78. The Morgan fingerprint density at radius 2 is 1.64 bits per heavy atom. The molecule has 118 valence electrons. The van der Waals surface area contributed by atoms with Crippen LogP contribution in [0, 0.1) is 0 Å². The molecule has 9 heteroatoms. The molecule has 3 nitrogen and oxygen atoms in total. The molecule has 0 radical (unpaired) electrons. The lowest BCUT2D eigenvalue weighted by atomic mass is 10.2. The van der Waals surface area contributed by atoms with Gasteiger partial charge in [-0.3, -0.25) is 0 Å². The summed E-state index contributed by atoms with van der Waals surface area (Å²) >= 11 is 11.8. The summed E-state index contributed by atoms with van der Waals surface area (Å²) in [6, 6.07) is 5.96. The minimum atomic E-state index is -4.58. The van der Waals surface area contributed by atoms with Crippen molar-refractivity contribution >= 4 is 33.0 Å². The maximum atomic E-state index is 12.4. The Bertz CT molecular complexity index is 770. The van der Waals surface area contributed by atoms with Crippen molar-refractivity contribution in [3.8, 4) is 0 Å². The Kier molecular flexibility index (Phi) is 4.70. The molecule has 0 saturated heterocycles. The van der Waals surface area contributed by atoms with Crippen LogP contribution in [0.5, 0.6) is 0 Å². The van der Waals surface area contributed by atoms with Crippen LogP contribution >= 0.6 is 23.2 Å². The number of rotatable bonds is 3. The fraction of sp³-hybridized carbons (Fsp3) is 0.154. The molecule has 0 spiro atoms. The lowest BCUT2D eigenvalue weighted by molar-refractivity contribution is -0.137. The van der Waals surface area contributed by atoms with Gasteiger partial charge in [-0.1, -0.05) is 29.3 Å². The standard InChI is InChI=1S/C13H8Cl2F3NO2S/c14-10-2-1-3-11(15)9(10)7-22(20,21)12-5-4-8(6-19-12)13(16,17)18/h1-6H,7H2. The van der Waals surface area contributed by atoms with Gasteiger partial charge in [0.2, 0.25) is 0 Å². The minimum absolute atomic E-state index is 0.156. The summed E-state index contributed by atoms with van der Waals surface area (Å²) in [7, 11) is -3.97. The van der Waals surface area contributed by atoms with E-state index in [1.54, 1.807) is 6.07 Å². The Balaban J connectivity index is 2.35. The lowest BCUT2D eigenvalue weighted by Gasteiger charge is -2.09. The van der Waals surface area contributed by atoms with Gasteiger partial charge in [0, 0.05) is 21.8 Å². The Morgan fingerprint density at radius 3 is 2.09 bits per heavy atom. The molecule has 0 unspecified atom stereocenters. The van der Waals surface area contributed by atoms with Gasteiger partial charge in [0.05, 0.1) is 11.3 Å². The van der Waals surface area contributed by atoms with Crippen LogP contribution in [0.25, 0.3) is 0 Å². The first kappa shape index (κ1) is 17.1. The molecule has 0 fully saturated rings. The molecule has 0 saturated carbocycles. The predicted molar refractivity (Wildman–Crippen MR) is 76.6 cm³/mol. The Hall–Kier alpha value is -1.31. The molecule has 22 heavy (non-hydrogen) atoms. The molecule has 0 aliphatic rings. The van der Waals surface area contributed by atoms with E-state index in [-0.39, 0.29) is 15.6 Å². The van der Waals surface area contributed by atoms with E-state index in [0.29, 0.717) is 12.3 Å². The van der Waals surface area contributed by atoms with E-state index in [2.05, 4.69) is 4.98 Å².